The van der Waals surface area contributed by atoms with Crippen molar-refractivity contribution in [3.8, 4) is 0 Å². The van der Waals surface area contributed by atoms with Crippen LogP contribution in [0.4, 0.5) is 0 Å². The van der Waals surface area contributed by atoms with E-state index in [9.17, 15) is 9.90 Å². The average Bonchev–Trinajstić information content (AvgIpc) is 3.12. The van der Waals surface area contributed by atoms with Gasteiger partial charge in [0, 0.05) is 12.8 Å². The molecule has 0 amide bonds. The van der Waals surface area contributed by atoms with Gasteiger partial charge in [0.1, 0.15) is 5.66 Å². The minimum atomic E-state index is -1.56. The van der Waals surface area contributed by atoms with Crippen molar-refractivity contribution < 1.29 is 23.5 Å². The van der Waals surface area contributed by atoms with E-state index < -0.39 is 20.0 Å². The van der Waals surface area contributed by atoms with Crippen LogP contribution in [0.5, 0.6) is 0 Å². The number of carboxylic acid groups (broad SMARTS) is 1. The molecule has 0 aliphatic carbocycles. The Bertz CT molecular complexity index is 714. The second-order valence-electron chi connectivity index (χ2n) is 6.38. The molecular weight excluding hydrogens is 379 g/mol. The van der Waals surface area contributed by atoms with Crippen molar-refractivity contribution in [3.63, 3.8) is 0 Å². The summed E-state index contributed by atoms with van der Waals surface area (Å²) in [7, 11) is -1.56. The maximum atomic E-state index is 11.7. The maximum absolute atomic E-state index is 11.7. The topological polar surface area (TPSA) is 94.7 Å². The number of hydrogen-bond acceptors (Lipinski definition) is 6. The first-order valence-corrected chi connectivity index (χ1v) is 11.0. The van der Waals surface area contributed by atoms with Crippen LogP contribution in [-0.4, -0.2) is 40.1 Å². The van der Waals surface area contributed by atoms with Crippen LogP contribution in [0.1, 0.15) is 56.5 Å². The summed E-state index contributed by atoms with van der Waals surface area (Å²) in [5.74, 6) is -0.165. The van der Waals surface area contributed by atoms with Gasteiger partial charge in [0.15, 0.2) is 14.2 Å². The van der Waals surface area contributed by atoms with Crippen LogP contribution in [0, 0.1) is 0 Å². The number of benzene rings is 1. The molecule has 0 aliphatic heterocycles. The number of aliphatic carboxylic acids is 1. The van der Waals surface area contributed by atoms with Crippen molar-refractivity contribution in [2.24, 2.45) is 0 Å². The van der Waals surface area contributed by atoms with Crippen molar-refractivity contribution in [2.45, 2.75) is 58.5 Å². The van der Waals surface area contributed by atoms with E-state index in [0.29, 0.717) is 25.5 Å². The van der Waals surface area contributed by atoms with Gasteiger partial charge in [-0.1, -0.05) is 42.8 Å². The monoisotopic (exact) mass is 408 g/mol. The zero-order valence-electron chi connectivity index (χ0n) is 16.8. The van der Waals surface area contributed by atoms with Crippen molar-refractivity contribution in [3.05, 3.63) is 47.1 Å². The summed E-state index contributed by atoms with van der Waals surface area (Å²) in [6.45, 7) is 6.58. The maximum Gasteiger partial charge on any atom is 0.316 e. The highest BCUT2D eigenvalue weighted by Crippen LogP contribution is 2.45. The van der Waals surface area contributed by atoms with Crippen LogP contribution in [0.25, 0.3) is 0 Å². The molecule has 154 valence electrons. The van der Waals surface area contributed by atoms with Gasteiger partial charge in [-0.15, -0.1) is 0 Å². The van der Waals surface area contributed by atoms with Crippen molar-refractivity contribution in [1.29, 1.82) is 0 Å². The molecule has 1 unspecified atom stereocenters. The zero-order chi connectivity index (χ0) is 20.4. The van der Waals surface area contributed by atoms with E-state index in [0.717, 1.165) is 12.0 Å². The van der Waals surface area contributed by atoms with E-state index in [-0.39, 0.29) is 12.3 Å². The highest BCUT2D eigenvalue weighted by Gasteiger charge is 2.32. The lowest BCUT2D eigenvalue weighted by Gasteiger charge is -2.21. The average molecular weight is 408 g/mol. The molecule has 0 saturated heterocycles. The molecule has 2 aromatic rings. The summed E-state index contributed by atoms with van der Waals surface area (Å²) in [6, 6.07) is 8.41. The van der Waals surface area contributed by atoms with E-state index in [2.05, 4.69) is 41.3 Å². The van der Waals surface area contributed by atoms with Gasteiger partial charge in [0.2, 0.25) is 5.89 Å². The van der Waals surface area contributed by atoms with E-state index >= 15 is 0 Å². The summed E-state index contributed by atoms with van der Waals surface area (Å²) >= 11 is 0. The summed E-state index contributed by atoms with van der Waals surface area (Å²) < 4.78 is 16.3. The summed E-state index contributed by atoms with van der Waals surface area (Å²) in [5.41, 5.74) is 1.57. The number of aromatic nitrogens is 2. The zero-order valence-corrected chi connectivity index (χ0v) is 17.7. The molecule has 0 saturated carbocycles. The molecule has 0 radical (unpaired) electrons. The summed E-state index contributed by atoms with van der Waals surface area (Å²) in [6.07, 6.45) is 4.08. The molecule has 2 rings (SSSR count). The molecule has 1 N–H and O–H groups in total. The highest BCUT2D eigenvalue weighted by atomic mass is 31.2. The van der Waals surface area contributed by atoms with Crippen molar-refractivity contribution in [1.82, 2.24) is 10.1 Å². The molecule has 1 atom stereocenters. The minimum Gasteiger partial charge on any atom is -0.481 e. The van der Waals surface area contributed by atoms with Gasteiger partial charge in [-0.2, -0.15) is 4.98 Å². The smallest absolute Gasteiger partial charge is 0.316 e. The molecule has 0 spiro atoms. The summed E-state index contributed by atoms with van der Waals surface area (Å²) in [4.78, 5) is 16.0. The fraction of sp³-hybridized carbons (Fsp3) is 0.550. The number of hydrogen-bond donors (Lipinski definition) is 1. The Kier molecular flexibility index (Phi) is 9.55. The number of aryl methyl sites for hydroxylation is 1. The van der Waals surface area contributed by atoms with E-state index in [1.165, 1.54) is 18.4 Å². The molecule has 1 aromatic carbocycles. The SMILES string of the molecule is CCCCc1ccc(Cc2noc(CC(C(=O)O)P(OCC)OCC)n2)cc1. The Morgan fingerprint density at radius 3 is 2.36 bits per heavy atom. The Labute approximate surface area is 167 Å². The lowest BCUT2D eigenvalue weighted by atomic mass is 10.0. The quantitative estimate of drug-likeness (QED) is 0.491. The van der Waals surface area contributed by atoms with Gasteiger partial charge >= 0.3 is 5.97 Å². The molecule has 28 heavy (non-hydrogen) atoms. The van der Waals surface area contributed by atoms with Crippen LogP contribution < -0.4 is 0 Å². The van der Waals surface area contributed by atoms with Crippen LogP contribution >= 0.6 is 8.38 Å². The van der Waals surface area contributed by atoms with Crippen LogP contribution in [0.3, 0.4) is 0 Å². The molecule has 0 bridgehead atoms. The largest absolute Gasteiger partial charge is 0.481 e. The minimum absolute atomic E-state index is 0.0873. The molecule has 1 heterocycles. The van der Waals surface area contributed by atoms with Crippen LogP contribution in [-0.2, 0) is 33.1 Å². The Balaban J connectivity index is 2.00. The first kappa shape index (κ1) is 22.5. The number of nitrogens with zero attached hydrogens (tertiary/aromatic N) is 2. The Hall–Kier alpha value is -1.82. The Morgan fingerprint density at radius 1 is 1.14 bits per heavy atom. The summed E-state index contributed by atoms with van der Waals surface area (Å²) in [5, 5.41) is 13.5. The van der Waals surface area contributed by atoms with Crippen LogP contribution in [0.15, 0.2) is 28.8 Å². The lowest BCUT2D eigenvalue weighted by Crippen LogP contribution is -2.23. The third-order valence-electron chi connectivity index (χ3n) is 4.13. The molecule has 0 aliphatic rings. The third-order valence-corrected chi connectivity index (χ3v) is 6.07. The molecular formula is C20H29N2O5P. The highest BCUT2D eigenvalue weighted by molar-refractivity contribution is 7.49. The number of carboxylic acids is 1. The standard InChI is InChI=1S/C20H29N2O5P/c1-4-7-8-15-9-11-16(12-10-15)13-18-21-19(27-22-18)14-17(20(23)24)28(25-5-2)26-6-3/h9-12,17H,4-8,13-14H2,1-3H3,(H,23,24). The predicted molar refractivity (Wildman–Crippen MR) is 107 cm³/mol. The van der Waals surface area contributed by atoms with Crippen molar-refractivity contribution in [2.75, 3.05) is 13.2 Å². The molecule has 8 heteroatoms. The lowest BCUT2D eigenvalue weighted by molar-refractivity contribution is -0.136. The molecule has 0 fully saturated rings. The van der Waals surface area contributed by atoms with Gasteiger partial charge < -0.3 is 18.7 Å². The van der Waals surface area contributed by atoms with Crippen molar-refractivity contribution >= 4 is 14.3 Å². The number of rotatable bonds is 13. The predicted octanol–water partition coefficient (Wildman–Crippen LogP) is 4.38. The van der Waals surface area contributed by atoms with Crippen LogP contribution in [0.2, 0.25) is 0 Å². The van der Waals surface area contributed by atoms with Gasteiger partial charge in [-0.05, 0) is 37.8 Å². The van der Waals surface area contributed by atoms with E-state index in [4.69, 9.17) is 13.6 Å². The third kappa shape index (κ3) is 6.97. The van der Waals surface area contributed by atoms with Gasteiger partial charge in [-0.25, -0.2) is 0 Å². The van der Waals surface area contributed by atoms with Gasteiger partial charge in [-0.3, -0.25) is 4.79 Å². The van der Waals surface area contributed by atoms with E-state index in [1.807, 2.05) is 13.8 Å². The first-order valence-electron chi connectivity index (χ1n) is 9.74. The first-order chi connectivity index (χ1) is 13.6. The fourth-order valence-electron chi connectivity index (χ4n) is 2.72. The second-order valence-corrected chi connectivity index (χ2v) is 8.09. The fourth-order valence-corrected chi connectivity index (χ4v) is 4.15. The van der Waals surface area contributed by atoms with Gasteiger partial charge in [0.05, 0.1) is 13.2 Å². The molecule has 1 aromatic heterocycles. The normalized spacial score (nSPS) is 12.4. The van der Waals surface area contributed by atoms with Gasteiger partial charge in [0.25, 0.3) is 0 Å². The Morgan fingerprint density at radius 2 is 1.79 bits per heavy atom. The number of unbranched alkanes of at least 4 members (excludes halogenated alkanes) is 1. The van der Waals surface area contributed by atoms with E-state index in [1.54, 1.807) is 0 Å². The molecule has 7 nitrogen and oxygen atoms in total. The second kappa shape index (κ2) is 11.9. The number of carbonyl (C=O) groups is 1.